The molecule has 5 nitrogen and oxygen atoms in total. The minimum Gasteiger partial charge on any atom is -0.338 e. The Morgan fingerprint density at radius 1 is 1.29 bits per heavy atom. The largest absolute Gasteiger partial charge is 0.338 e. The summed E-state index contributed by atoms with van der Waals surface area (Å²) in [5.41, 5.74) is 4.43. The number of amides is 2. The molecule has 24 heavy (non-hydrogen) atoms. The molecule has 0 spiro atoms. The fraction of sp³-hybridized carbons (Fsp3) is 0.278. The summed E-state index contributed by atoms with van der Waals surface area (Å²) in [7, 11) is 0. The Labute approximate surface area is 145 Å². The number of hydrazone groups is 1. The summed E-state index contributed by atoms with van der Waals surface area (Å²) in [6.45, 7) is 2.84. The van der Waals surface area contributed by atoms with Gasteiger partial charge in [0.2, 0.25) is 11.8 Å². The Hall–Kier alpha value is -2.47. The summed E-state index contributed by atoms with van der Waals surface area (Å²) in [5, 5.41) is 6.11. The summed E-state index contributed by atoms with van der Waals surface area (Å²) in [4.78, 5) is 27.1. The highest BCUT2D eigenvalue weighted by Crippen LogP contribution is 2.20. The zero-order chi connectivity index (χ0) is 16.9. The number of likely N-dealkylation sites (tertiary alicyclic amines) is 1. The van der Waals surface area contributed by atoms with Crippen molar-refractivity contribution in [3.8, 4) is 0 Å². The Morgan fingerprint density at radius 3 is 2.79 bits per heavy atom. The molecule has 1 aliphatic rings. The van der Waals surface area contributed by atoms with Crippen LogP contribution in [0.3, 0.4) is 0 Å². The summed E-state index contributed by atoms with van der Waals surface area (Å²) >= 11 is 1.57. The van der Waals surface area contributed by atoms with Crippen LogP contribution in [0.15, 0.2) is 52.9 Å². The maximum absolute atomic E-state index is 12.3. The van der Waals surface area contributed by atoms with Crippen molar-refractivity contribution in [3.05, 3.63) is 58.3 Å². The molecule has 2 heterocycles. The van der Waals surface area contributed by atoms with E-state index < -0.39 is 0 Å². The Kier molecular flexibility index (Phi) is 5.05. The van der Waals surface area contributed by atoms with Gasteiger partial charge in [-0.2, -0.15) is 5.10 Å². The molecule has 1 fully saturated rings. The van der Waals surface area contributed by atoms with Gasteiger partial charge in [-0.15, -0.1) is 11.3 Å². The maximum Gasteiger partial charge on any atom is 0.245 e. The lowest BCUT2D eigenvalue weighted by Crippen LogP contribution is -2.30. The third-order valence-electron chi connectivity index (χ3n) is 4.01. The molecule has 1 aromatic carbocycles. The number of carbonyl (C=O) groups excluding carboxylic acids is 2. The van der Waals surface area contributed by atoms with Gasteiger partial charge in [0.1, 0.15) is 0 Å². The highest BCUT2D eigenvalue weighted by atomic mass is 32.1. The van der Waals surface area contributed by atoms with Crippen molar-refractivity contribution in [2.24, 2.45) is 11.0 Å². The van der Waals surface area contributed by atoms with Gasteiger partial charge in [-0.3, -0.25) is 9.59 Å². The number of rotatable bonds is 5. The van der Waals surface area contributed by atoms with E-state index in [-0.39, 0.29) is 24.2 Å². The van der Waals surface area contributed by atoms with Crippen LogP contribution < -0.4 is 5.43 Å². The van der Waals surface area contributed by atoms with E-state index in [2.05, 4.69) is 10.5 Å². The molecular formula is C18H19N3O2S. The van der Waals surface area contributed by atoms with E-state index in [9.17, 15) is 9.59 Å². The molecule has 0 radical (unpaired) electrons. The molecule has 0 saturated carbocycles. The fourth-order valence-corrected chi connectivity index (χ4v) is 3.35. The van der Waals surface area contributed by atoms with Crippen LogP contribution in [0.25, 0.3) is 0 Å². The minimum absolute atomic E-state index is 0.0120. The average molecular weight is 341 g/mol. The minimum atomic E-state index is -0.346. The number of nitrogens with zero attached hydrogens (tertiary/aromatic N) is 2. The van der Waals surface area contributed by atoms with Gasteiger partial charge in [0, 0.05) is 24.4 Å². The van der Waals surface area contributed by atoms with Crippen molar-refractivity contribution < 1.29 is 9.59 Å². The Morgan fingerprint density at radius 2 is 2.08 bits per heavy atom. The molecule has 0 aliphatic carbocycles. The number of benzene rings is 1. The summed E-state index contributed by atoms with van der Waals surface area (Å²) < 4.78 is 0. The predicted octanol–water partition coefficient (Wildman–Crippen LogP) is 2.64. The number of hydrogen-bond donors (Lipinski definition) is 1. The molecule has 3 rings (SSSR count). The molecule has 1 aromatic heterocycles. The molecule has 1 atom stereocenters. The molecule has 1 unspecified atom stereocenters. The smallest absolute Gasteiger partial charge is 0.245 e. The molecule has 124 valence electrons. The van der Waals surface area contributed by atoms with Crippen LogP contribution in [0.2, 0.25) is 0 Å². The van der Waals surface area contributed by atoms with Crippen molar-refractivity contribution in [1.82, 2.24) is 10.3 Å². The van der Waals surface area contributed by atoms with Gasteiger partial charge in [0.25, 0.3) is 0 Å². The van der Waals surface area contributed by atoms with Gasteiger partial charge in [-0.05, 0) is 23.9 Å². The van der Waals surface area contributed by atoms with E-state index >= 15 is 0 Å². The lowest BCUT2D eigenvalue weighted by molar-refractivity contribution is -0.129. The van der Waals surface area contributed by atoms with Gasteiger partial charge < -0.3 is 4.90 Å². The first-order chi connectivity index (χ1) is 11.6. The normalized spacial score (nSPS) is 18.0. The standard InChI is InChI=1S/C18H19N3O2S/c1-13(16-8-5-9-24-16)19-20-18(23)15-10-17(22)21(12-15)11-14-6-3-2-4-7-14/h2-9,15H,10-12H2,1H3,(H,20,23)/b19-13+. The van der Waals surface area contributed by atoms with E-state index in [4.69, 9.17) is 0 Å². The Bertz CT molecular complexity index is 741. The van der Waals surface area contributed by atoms with E-state index in [1.807, 2.05) is 54.8 Å². The van der Waals surface area contributed by atoms with Crippen LogP contribution in [0.5, 0.6) is 0 Å². The average Bonchev–Trinajstić information content (AvgIpc) is 3.24. The monoisotopic (exact) mass is 341 g/mol. The van der Waals surface area contributed by atoms with Crippen LogP contribution in [-0.4, -0.2) is 29.0 Å². The summed E-state index contributed by atoms with van der Waals surface area (Å²) in [6, 6.07) is 13.7. The van der Waals surface area contributed by atoms with Crippen molar-refractivity contribution >= 4 is 28.9 Å². The van der Waals surface area contributed by atoms with Crippen LogP contribution in [0.1, 0.15) is 23.8 Å². The molecule has 1 N–H and O–H groups in total. The number of carbonyl (C=O) groups is 2. The van der Waals surface area contributed by atoms with Gasteiger partial charge in [0.05, 0.1) is 11.6 Å². The van der Waals surface area contributed by atoms with E-state index in [1.54, 1.807) is 16.2 Å². The van der Waals surface area contributed by atoms with Crippen LogP contribution in [-0.2, 0) is 16.1 Å². The zero-order valence-corrected chi connectivity index (χ0v) is 14.3. The lowest BCUT2D eigenvalue weighted by Gasteiger charge is -2.16. The highest BCUT2D eigenvalue weighted by Gasteiger charge is 2.34. The van der Waals surface area contributed by atoms with Gasteiger partial charge in [0.15, 0.2) is 0 Å². The first-order valence-corrected chi connectivity index (χ1v) is 8.71. The van der Waals surface area contributed by atoms with E-state index in [0.29, 0.717) is 13.1 Å². The summed E-state index contributed by atoms with van der Waals surface area (Å²) in [5.74, 6) is -0.533. The fourth-order valence-electron chi connectivity index (χ4n) is 2.67. The second-order valence-corrected chi connectivity index (χ2v) is 6.76. The lowest BCUT2D eigenvalue weighted by atomic mass is 10.1. The third-order valence-corrected chi connectivity index (χ3v) is 4.99. The quantitative estimate of drug-likeness (QED) is 0.671. The second-order valence-electron chi connectivity index (χ2n) is 5.81. The van der Waals surface area contributed by atoms with E-state index in [0.717, 1.165) is 16.2 Å². The molecule has 1 saturated heterocycles. The first kappa shape index (κ1) is 16.4. The molecule has 0 bridgehead atoms. The number of nitrogens with one attached hydrogen (secondary N) is 1. The molecular weight excluding hydrogens is 322 g/mol. The van der Waals surface area contributed by atoms with Crippen molar-refractivity contribution in [3.63, 3.8) is 0 Å². The zero-order valence-electron chi connectivity index (χ0n) is 13.4. The molecule has 6 heteroatoms. The van der Waals surface area contributed by atoms with Gasteiger partial charge in [-0.1, -0.05) is 36.4 Å². The van der Waals surface area contributed by atoms with E-state index in [1.165, 1.54) is 0 Å². The predicted molar refractivity (Wildman–Crippen MR) is 94.6 cm³/mol. The van der Waals surface area contributed by atoms with Crippen molar-refractivity contribution in [2.75, 3.05) is 6.54 Å². The van der Waals surface area contributed by atoms with Gasteiger partial charge in [-0.25, -0.2) is 5.43 Å². The number of hydrogen-bond acceptors (Lipinski definition) is 4. The van der Waals surface area contributed by atoms with Crippen LogP contribution >= 0.6 is 11.3 Å². The topological polar surface area (TPSA) is 61.8 Å². The second kappa shape index (κ2) is 7.40. The van der Waals surface area contributed by atoms with Crippen molar-refractivity contribution in [1.29, 1.82) is 0 Å². The maximum atomic E-state index is 12.3. The number of thiophene rings is 1. The van der Waals surface area contributed by atoms with Crippen LogP contribution in [0, 0.1) is 5.92 Å². The highest BCUT2D eigenvalue weighted by molar-refractivity contribution is 7.12. The summed E-state index contributed by atoms with van der Waals surface area (Å²) in [6.07, 6.45) is 0.242. The first-order valence-electron chi connectivity index (χ1n) is 7.83. The molecule has 1 aliphatic heterocycles. The van der Waals surface area contributed by atoms with Gasteiger partial charge >= 0.3 is 0 Å². The third kappa shape index (κ3) is 3.89. The van der Waals surface area contributed by atoms with Crippen LogP contribution in [0.4, 0.5) is 0 Å². The molecule has 2 amide bonds. The Balaban J connectivity index is 1.57. The van der Waals surface area contributed by atoms with Crippen molar-refractivity contribution in [2.45, 2.75) is 19.9 Å². The molecule has 2 aromatic rings. The SMILES string of the molecule is C/C(=N\NC(=O)C1CC(=O)N(Cc2ccccc2)C1)c1cccs1.